The lowest BCUT2D eigenvalue weighted by molar-refractivity contribution is -0.384. The van der Waals surface area contributed by atoms with Gasteiger partial charge in [-0.3, -0.25) is 14.9 Å². The Morgan fingerprint density at radius 2 is 2.05 bits per heavy atom. The molecule has 0 heterocycles. The first-order valence-electron chi connectivity index (χ1n) is 5.83. The van der Waals surface area contributed by atoms with E-state index in [1.807, 2.05) is 0 Å². The number of hydrogen-bond acceptors (Lipinski definition) is 4. The topological polar surface area (TPSA) is 63.5 Å². The highest BCUT2D eigenvalue weighted by molar-refractivity contribution is 5.79. The van der Waals surface area contributed by atoms with E-state index in [0.717, 1.165) is 11.0 Å². The Labute approximate surface area is 113 Å². The Hall–Kier alpha value is -2.12. The number of nitro groups is 1. The summed E-state index contributed by atoms with van der Waals surface area (Å²) in [6.07, 6.45) is -3.65. The number of halogens is 3. The average molecular weight is 290 g/mol. The number of benzene rings is 1. The molecule has 0 fully saturated rings. The minimum atomic E-state index is -4.47. The minimum absolute atomic E-state index is 0.0286. The summed E-state index contributed by atoms with van der Waals surface area (Å²) < 4.78 is 37.6. The van der Waals surface area contributed by atoms with Gasteiger partial charge in [0.25, 0.3) is 5.69 Å². The molecule has 0 aromatic heterocycles. The molecule has 1 aromatic rings. The van der Waals surface area contributed by atoms with Gasteiger partial charge in [-0.15, -0.1) is 0 Å². The van der Waals surface area contributed by atoms with Crippen molar-refractivity contribution in [2.45, 2.75) is 19.5 Å². The molecular formula is C12H13F3N2O3. The van der Waals surface area contributed by atoms with E-state index in [9.17, 15) is 28.1 Å². The van der Waals surface area contributed by atoms with Crippen molar-refractivity contribution in [3.8, 4) is 0 Å². The summed E-state index contributed by atoms with van der Waals surface area (Å²) in [6, 6.07) is 3.40. The van der Waals surface area contributed by atoms with Crippen LogP contribution in [0.15, 0.2) is 18.2 Å². The van der Waals surface area contributed by atoms with Crippen LogP contribution < -0.4 is 4.90 Å². The summed E-state index contributed by atoms with van der Waals surface area (Å²) in [6.45, 7) is 0.428. The molecule has 0 saturated carbocycles. The lowest BCUT2D eigenvalue weighted by atomic mass is 10.1. The molecule has 0 bridgehead atoms. The molecule has 0 aliphatic rings. The number of nitro benzene ring substituents is 1. The van der Waals surface area contributed by atoms with Crippen LogP contribution in [0, 0.1) is 10.1 Å². The maximum Gasteiger partial charge on any atom is 0.405 e. The predicted molar refractivity (Wildman–Crippen MR) is 67.0 cm³/mol. The van der Waals surface area contributed by atoms with Crippen molar-refractivity contribution in [2.24, 2.45) is 0 Å². The molecule has 0 spiro atoms. The Bertz CT molecular complexity index is 503. The van der Waals surface area contributed by atoms with Gasteiger partial charge in [-0.2, -0.15) is 13.2 Å². The molecule has 8 heteroatoms. The van der Waals surface area contributed by atoms with Gasteiger partial charge in [-0.05, 0) is 18.6 Å². The summed E-state index contributed by atoms with van der Waals surface area (Å²) >= 11 is 0. The van der Waals surface area contributed by atoms with E-state index >= 15 is 0 Å². The van der Waals surface area contributed by atoms with Crippen molar-refractivity contribution in [3.05, 3.63) is 33.9 Å². The van der Waals surface area contributed by atoms with Crippen LogP contribution in [-0.4, -0.2) is 30.5 Å². The van der Waals surface area contributed by atoms with Crippen LogP contribution in [0.25, 0.3) is 0 Å². The zero-order valence-corrected chi connectivity index (χ0v) is 10.7. The fourth-order valence-electron chi connectivity index (χ4n) is 1.80. The van der Waals surface area contributed by atoms with Crippen LogP contribution >= 0.6 is 0 Å². The van der Waals surface area contributed by atoms with Gasteiger partial charge in [0.2, 0.25) is 0 Å². The molecule has 0 atom stereocenters. The quantitative estimate of drug-likeness (QED) is 0.458. The van der Waals surface area contributed by atoms with Crippen molar-refractivity contribution in [1.82, 2.24) is 0 Å². The molecule has 0 saturated heterocycles. The van der Waals surface area contributed by atoms with Crippen LogP contribution in [0.3, 0.4) is 0 Å². The highest BCUT2D eigenvalue weighted by atomic mass is 19.4. The Morgan fingerprint density at radius 3 is 2.50 bits per heavy atom. The molecule has 1 rings (SSSR count). The Morgan fingerprint density at radius 1 is 1.40 bits per heavy atom. The molecule has 0 aliphatic carbocycles. The molecule has 0 amide bonds. The molecular weight excluding hydrogens is 277 g/mol. The second-order valence-electron chi connectivity index (χ2n) is 4.16. The fraction of sp³-hybridized carbons (Fsp3) is 0.417. The number of carbonyl (C=O) groups excluding carboxylic acids is 1. The first-order chi connectivity index (χ1) is 9.28. The van der Waals surface area contributed by atoms with Gasteiger partial charge >= 0.3 is 6.18 Å². The normalized spacial score (nSPS) is 11.2. The van der Waals surface area contributed by atoms with E-state index in [-0.39, 0.29) is 17.8 Å². The fourth-order valence-corrected chi connectivity index (χ4v) is 1.80. The lowest BCUT2D eigenvalue weighted by Crippen LogP contribution is -2.35. The summed E-state index contributed by atoms with van der Waals surface area (Å²) in [4.78, 5) is 21.7. The van der Waals surface area contributed by atoms with Gasteiger partial charge in [0.1, 0.15) is 18.5 Å². The van der Waals surface area contributed by atoms with Gasteiger partial charge in [0, 0.05) is 18.2 Å². The van der Waals surface area contributed by atoms with E-state index in [4.69, 9.17) is 0 Å². The van der Waals surface area contributed by atoms with Gasteiger partial charge in [-0.25, -0.2) is 0 Å². The highest BCUT2D eigenvalue weighted by Crippen LogP contribution is 2.31. The standard InChI is InChI=1S/C12H13F3N2O3/c1-2-5-16(8-12(13,14)15)10-4-3-9(7-18)6-11(10)17(19)20/h3-4,6-7H,2,5,8H2,1H3. The SMILES string of the molecule is CCCN(CC(F)(F)F)c1ccc(C=O)cc1[N+](=O)[O-]. The molecule has 0 N–H and O–H groups in total. The zero-order chi connectivity index (χ0) is 15.3. The molecule has 1 aromatic carbocycles. The van der Waals surface area contributed by atoms with Crippen molar-refractivity contribution in [1.29, 1.82) is 0 Å². The largest absolute Gasteiger partial charge is 0.405 e. The van der Waals surface area contributed by atoms with E-state index in [0.29, 0.717) is 12.7 Å². The summed E-state index contributed by atoms with van der Waals surface area (Å²) in [5, 5.41) is 10.9. The number of alkyl halides is 3. The number of aldehydes is 1. The van der Waals surface area contributed by atoms with Gasteiger partial charge < -0.3 is 4.90 Å². The maximum absolute atomic E-state index is 12.5. The second kappa shape index (κ2) is 6.36. The van der Waals surface area contributed by atoms with Crippen LogP contribution in [0.5, 0.6) is 0 Å². The molecule has 5 nitrogen and oxygen atoms in total. The monoisotopic (exact) mass is 290 g/mol. The lowest BCUT2D eigenvalue weighted by Gasteiger charge is -2.25. The smallest absolute Gasteiger partial charge is 0.357 e. The summed E-state index contributed by atoms with van der Waals surface area (Å²) in [5.41, 5.74) is -0.601. The molecule has 0 unspecified atom stereocenters. The number of hydrogen-bond donors (Lipinski definition) is 0. The number of nitrogens with zero attached hydrogens (tertiary/aromatic N) is 2. The highest BCUT2D eigenvalue weighted by Gasteiger charge is 2.33. The molecule has 0 radical (unpaired) electrons. The van der Waals surface area contributed by atoms with Gasteiger partial charge in [0.15, 0.2) is 0 Å². The molecule has 20 heavy (non-hydrogen) atoms. The van der Waals surface area contributed by atoms with Crippen molar-refractivity contribution >= 4 is 17.7 Å². The third kappa shape index (κ3) is 4.22. The number of carbonyl (C=O) groups is 1. The van der Waals surface area contributed by atoms with Gasteiger partial charge in [-0.1, -0.05) is 6.92 Å². The number of rotatable bonds is 6. The Kier molecular flexibility index (Phi) is 5.06. The predicted octanol–water partition coefficient (Wildman–Crippen LogP) is 3.19. The van der Waals surface area contributed by atoms with Crippen LogP contribution in [-0.2, 0) is 0 Å². The second-order valence-corrected chi connectivity index (χ2v) is 4.16. The van der Waals surface area contributed by atoms with Crippen LogP contribution in [0.1, 0.15) is 23.7 Å². The number of anilines is 1. The van der Waals surface area contributed by atoms with E-state index in [2.05, 4.69) is 0 Å². The zero-order valence-electron chi connectivity index (χ0n) is 10.7. The van der Waals surface area contributed by atoms with Crippen molar-refractivity contribution in [2.75, 3.05) is 18.0 Å². The maximum atomic E-state index is 12.5. The minimum Gasteiger partial charge on any atom is -0.357 e. The van der Waals surface area contributed by atoms with E-state index in [1.165, 1.54) is 12.1 Å². The Balaban J connectivity index is 3.24. The van der Waals surface area contributed by atoms with Crippen LogP contribution in [0.2, 0.25) is 0 Å². The third-order valence-electron chi connectivity index (χ3n) is 2.54. The third-order valence-corrected chi connectivity index (χ3v) is 2.54. The van der Waals surface area contributed by atoms with Crippen molar-refractivity contribution in [3.63, 3.8) is 0 Å². The molecule has 110 valence electrons. The molecule has 0 aliphatic heterocycles. The average Bonchev–Trinajstić information content (AvgIpc) is 2.36. The first kappa shape index (κ1) is 15.9. The summed E-state index contributed by atoms with van der Waals surface area (Å²) in [5.74, 6) is 0. The van der Waals surface area contributed by atoms with Gasteiger partial charge in [0.05, 0.1) is 4.92 Å². The van der Waals surface area contributed by atoms with Crippen LogP contribution in [0.4, 0.5) is 24.5 Å². The summed E-state index contributed by atoms with van der Waals surface area (Å²) in [7, 11) is 0. The van der Waals surface area contributed by atoms with E-state index in [1.54, 1.807) is 6.92 Å². The van der Waals surface area contributed by atoms with E-state index < -0.39 is 23.3 Å². The van der Waals surface area contributed by atoms with Crippen molar-refractivity contribution < 1.29 is 22.9 Å². The first-order valence-corrected chi connectivity index (χ1v) is 5.83.